The average Bonchev–Trinajstić information content (AvgIpc) is 2.26. The Bertz CT molecular complexity index is 337. The summed E-state index contributed by atoms with van der Waals surface area (Å²) in [5.74, 6) is 0. The molecule has 0 aliphatic carbocycles. The summed E-state index contributed by atoms with van der Waals surface area (Å²) in [7, 11) is 0. The fourth-order valence-corrected chi connectivity index (χ4v) is 706. The summed E-state index contributed by atoms with van der Waals surface area (Å²) in [4.78, 5) is 0. The van der Waals surface area contributed by atoms with Crippen LogP contribution in [-0.4, -0.2) is 72.5 Å². The van der Waals surface area contributed by atoms with E-state index >= 15 is 0 Å². The molecule has 0 saturated carbocycles. The third-order valence-electron chi connectivity index (χ3n) is 6.84. The maximum absolute atomic E-state index is 3.05. The van der Waals surface area contributed by atoms with Gasteiger partial charge in [-0.2, -0.15) is 0 Å². The van der Waals surface area contributed by atoms with Crippen molar-refractivity contribution in [1.29, 1.82) is 0 Å². The van der Waals surface area contributed by atoms with Crippen molar-refractivity contribution in [2.45, 2.75) is 65.5 Å². The SMILES string of the molecule is C[Si]1(C)[Te][Si](C)(C)[Si]2(C)[Si](C)(C)[Te][Si](C)(C)[Si]12C. The molecule has 2 saturated heterocycles. The molecule has 0 radical (unpaired) electrons. The summed E-state index contributed by atoms with van der Waals surface area (Å²) < 4.78 is 0. The van der Waals surface area contributed by atoms with Crippen LogP contribution in [0.3, 0.4) is 0 Å². The van der Waals surface area contributed by atoms with Crippen LogP contribution in [0.1, 0.15) is 0 Å². The Morgan fingerprint density at radius 3 is 0.722 bits per heavy atom. The first kappa shape index (κ1) is 17.2. The van der Waals surface area contributed by atoms with Crippen LogP contribution in [0.5, 0.6) is 0 Å². The van der Waals surface area contributed by atoms with Crippen LogP contribution in [0.4, 0.5) is 0 Å². The molecule has 0 aromatic rings. The van der Waals surface area contributed by atoms with Crippen LogP contribution in [0.25, 0.3) is 0 Å². The molecule has 2 aliphatic heterocycles. The van der Waals surface area contributed by atoms with Crippen molar-refractivity contribution < 1.29 is 0 Å². The first-order valence-electron chi connectivity index (χ1n) is 7.07. The molecule has 0 amide bonds. The predicted octanol–water partition coefficient (Wildman–Crippen LogP) is 2.79. The molecule has 0 unspecified atom stereocenters. The number of fused-ring (bicyclic) bond motifs is 1. The molecular formula is C10H30Si6Te2. The first-order valence-corrected chi connectivity index (χ1v) is 42.7. The number of hydrogen-bond donors (Lipinski definition) is 0. The van der Waals surface area contributed by atoms with Gasteiger partial charge >= 0.3 is 138 Å². The molecule has 2 rings (SSSR count). The standard InChI is InChI=1S/C10H30Si6Te2/c1-11(2)15(9)12(3,4)18-14(7,8)16(15,10)13(5,6)17-11/h1-10H3. The summed E-state index contributed by atoms with van der Waals surface area (Å²) in [6.45, 7) is 28.0. The van der Waals surface area contributed by atoms with Crippen molar-refractivity contribution in [3.63, 3.8) is 0 Å². The molecule has 0 N–H and O–H groups in total. The molecule has 0 aromatic carbocycles. The third-order valence-corrected chi connectivity index (χ3v) is 293. The van der Waals surface area contributed by atoms with Crippen molar-refractivity contribution in [1.82, 2.24) is 0 Å². The average molecular weight is 574 g/mol. The molecule has 0 aromatic heterocycles. The summed E-state index contributed by atoms with van der Waals surface area (Å²) in [5.41, 5.74) is 0. The fraction of sp³-hybridized carbons (Fsp3) is 1.00. The van der Waals surface area contributed by atoms with Gasteiger partial charge in [-0.1, -0.05) is 0 Å². The van der Waals surface area contributed by atoms with Crippen LogP contribution in [0.2, 0.25) is 65.5 Å². The molecule has 0 nitrogen and oxygen atoms in total. The fourth-order valence-electron chi connectivity index (χ4n) is 5.54. The second-order valence-corrected chi connectivity index (χ2v) is 128. The zero-order valence-electron chi connectivity index (χ0n) is 13.8. The predicted molar refractivity (Wildman–Crippen MR) is 105 cm³/mol. The van der Waals surface area contributed by atoms with E-state index in [1.54, 1.807) is 0 Å². The van der Waals surface area contributed by atoms with Crippen LogP contribution in [0, 0.1) is 0 Å². The van der Waals surface area contributed by atoms with Crippen molar-refractivity contribution >= 4 is 72.5 Å². The monoisotopic (exact) mass is 578 g/mol. The van der Waals surface area contributed by atoms with Gasteiger partial charge in [0, 0.05) is 0 Å². The summed E-state index contributed by atoms with van der Waals surface area (Å²) in [6.07, 6.45) is 0. The second kappa shape index (κ2) is 4.24. The normalized spacial score (nSPS) is 47.0. The Morgan fingerprint density at radius 1 is 0.389 bits per heavy atom. The molecule has 2 fully saturated rings. The summed E-state index contributed by atoms with van der Waals surface area (Å²) in [6, 6.07) is 0. The molecule has 106 valence electrons. The second-order valence-electron chi connectivity index (χ2n) is 8.50. The van der Waals surface area contributed by atoms with Crippen LogP contribution in [-0.2, 0) is 0 Å². The van der Waals surface area contributed by atoms with Crippen molar-refractivity contribution in [3.05, 3.63) is 0 Å². The van der Waals surface area contributed by atoms with Gasteiger partial charge in [0.05, 0.1) is 0 Å². The maximum atomic E-state index is 3.05. The van der Waals surface area contributed by atoms with Crippen LogP contribution < -0.4 is 0 Å². The van der Waals surface area contributed by atoms with E-state index in [1.807, 2.05) is 0 Å². The minimum absolute atomic E-state index is 0.478. The van der Waals surface area contributed by atoms with Crippen LogP contribution >= 0.6 is 0 Å². The van der Waals surface area contributed by atoms with E-state index in [9.17, 15) is 0 Å². The van der Waals surface area contributed by atoms with Crippen LogP contribution in [0.15, 0.2) is 0 Å². The van der Waals surface area contributed by atoms with E-state index in [4.69, 9.17) is 0 Å². The molecule has 18 heavy (non-hydrogen) atoms. The van der Waals surface area contributed by atoms with E-state index in [0.29, 0.717) is 38.7 Å². The molecule has 8 heteroatoms. The molecule has 0 bridgehead atoms. The Labute approximate surface area is 136 Å². The van der Waals surface area contributed by atoms with E-state index in [1.165, 1.54) is 0 Å². The van der Waals surface area contributed by atoms with Gasteiger partial charge in [-0.15, -0.1) is 0 Å². The molecule has 0 atom stereocenters. The quantitative estimate of drug-likeness (QED) is 0.391. The van der Waals surface area contributed by atoms with E-state index in [-0.39, 0.29) is 0 Å². The number of rotatable bonds is 0. The van der Waals surface area contributed by atoms with Gasteiger partial charge < -0.3 is 0 Å². The topological polar surface area (TPSA) is 0 Å². The van der Waals surface area contributed by atoms with Gasteiger partial charge in [0.1, 0.15) is 0 Å². The Morgan fingerprint density at radius 2 is 0.556 bits per heavy atom. The van der Waals surface area contributed by atoms with Crippen molar-refractivity contribution in [3.8, 4) is 0 Å². The molecule has 2 aliphatic rings. The third kappa shape index (κ3) is 1.68. The summed E-state index contributed by atoms with van der Waals surface area (Å²) >= 11 is 0.956. The van der Waals surface area contributed by atoms with E-state index in [2.05, 4.69) is 65.5 Å². The molecular weight excluding hydrogens is 544 g/mol. The Kier molecular flexibility index (Phi) is 4.06. The summed E-state index contributed by atoms with van der Waals surface area (Å²) in [5, 5.41) is -2.82. The minimum atomic E-state index is -0.747. The van der Waals surface area contributed by atoms with Gasteiger partial charge in [-0.25, -0.2) is 0 Å². The van der Waals surface area contributed by atoms with Crippen molar-refractivity contribution in [2.75, 3.05) is 0 Å². The van der Waals surface area contributed by atoms with Gasteiger partial charge in [0.2, 0.25) is 0 Å². The zero-order valence-corrected chi connectivity index (χ0v) is 24.5. The van der Waals surface area contributed by atoms with Crippen molar-refractivity contribution in [2.24, 2.45) is 0 Å². The van der Waals surface area contributed by atoms with Gasteiger partial charge in [0.25, 0.3) is 0 Å². The van der Waals surface area contributed by atoms with Gasteiger partial charge in [-0.05, 0) is 0 Å². The first-order chi connectivity index (χ1) is 7.66. The molecule has 0 spiro atoms. The Hall–Kier alpha value is 2.88. The number of hydrogen-bond acceptors (Lipinski definition) is 0. The van der Waals surface area contributed by atoms with E-state index in [0.717, 1.165) is 0 Å². The van der Waals surface area contributed by atoms with Gasteiger partial charge in [0.15, 0.2) is 0 Å². The molecule has 2 heterocycles. The van der Waals surface area contributed by atoms with E-state index < -0.39 is 33.8 Å². The van der Waals surface area contributed by atoms with Gasteiger partial charge in [-0.3, -0.25) is 0 Å². The zero-order chi connectivity index (χ0) is 14.4. The Balaban J connectivity index is 2.80.